The highest BCUT2D eigenvalue weighted by Gasteiger charge is 2.24. The van der Waals surface area contributed by atoms with Crippen molar-refractivity contribution in [1.29, 1.82) is 5.26 Å². The first-order valence-corrected chi connectivity index (χ1v) is 6.71. The number of benzene rings is 1. The van der Waals surface area contributed by atoms with Gasteiger partial charge in [-0.05, 0) is 26.0 Å². The Kier molecular flexibility index (Phi) is 3.72. The van der Waals surface area contributed by atoms with E-state index in [0.717, 1.165) is 16.4 Å². The Bertz CT molecular complexity index is 600. The van der Waals surface area contributed by atoms with Gasteiger partial charge in [0.1, 0.15) is 16.8 Å². The molecular weight excluding hydrogens is 258 g/mol. The summed E-state index contributed by atoms with van der Waals surface area (Å²) in [6.45, 7) is 4.07. The lowest BCUT2D eigenvalue weighted by Crippen LogP contribution is -2.28. The van der Waals surface area contributed by atoms with E-state index in [0.29, 0.717) is 5.56 Å². The minimum absolute atomic E-state index is 0.341. The van der Waals surface area contributed by atoms with Crippen LogP contribution in [0.2, 0.25) is 0 Å². The van der Waals surface area contributed by atoms with E-state index in [2.05, 4.69) is 16.4 Å². The molecule has 0 saturated heterocycles. The molecule has 2 aromatic rings. The molecule has 0 bridgehead atoms. The van der Waals surface area contributed by atoms with Crippen molar-refractivity contribution in [1.82, 2.24) is 4.98 Å². The molecule has 19 heavy (non-hydrogen) atoms. The van der Waals surface area contributed by atoms with Crippen LogP contribution < -0.4 is 10.1 Å². The van der Waals surface area contributed by atoms with Gasteiger partial charge in [-0.25, -0.2) is 4.98 Å². The lowest BCUT2D eigenvalue weighted by atomic mass is 10.0. The van der Waals surface area contributed by atoms with Gasteiger partial charge in [0.15, 0.2) is 0 Å². The molecule has 1 aromatic carbocycles. The molecule has 4 nitrogen and oxygen atoms in total. The molecule has 98 valence electrons. The maximum atomic E-state index is 9.17. The molecule has 1 N–H and O–H groups in total. The van der Waals surface area contributed by atoms with Crippen LogP contribution in [-0.2, 0) is 5.54 Å². The fourth-order valence-electron chi connectivity index (χ4n) is 1.77. The van der Waals surface area contributed by atoms with Gasteiger partial charge in [0.05, 0.1) is 23.9 Å². The number of rotatable bonds is 4. The SMILES string of the molecule is COc1ccc(C#N)c(NC(C)(C)c2nccs2)c1. The smallest absolute Gasteiger partial charge is 0.121 e. The van der Waals surface area contributed by atoms with Gasteiger partial charge in [0.25, 0.3) is 0 Å². The fourth-order valence-corrected chi connectivity index (χ4v) is 2.49. The van der Waals surface area contributed by atoms with Crippen molar-refractivity contribution in [2.24, 2.45) is 0 Å². The quantitative estimate of drug-likeness (QED) is 0.928. The number of thiazole rings is 1. The average molecular weight is 273 g/mol. The second-order valence-electron chi connectivity index (χ2n) is 4.61. The largest absolute Gasteiger partial charge is 0.497 e. The van der Waals surface area contributed by atoms with Crippen LogP contribution in [0.15, 0.2) is 29.8 Å². The van der Waals surface area contributed by atoms with Gasteiger partial charge < -0.3 is 10.1 Å². The monoisotopic (exact) mass is 273 g/mol. The van der Waals surface area contributed by atoms with E-state index in [4.69, 9.17) is 10.00 Å². The van der Waals surface area contributed by atoms with Gasteiger partial charge in [-0.3, -0.25) is 0 Å². The third kappa shape index (κ3) is 2.85. The summed E-state index contributed by atoms with van der Waals surface area (Å²) < 4.78 is 5.20. The van der Waals surface area contributed by atoms with E-state index in [1.807, 2.05) is 25.3 Å². The third-order valence-corrected chi connectivity index (χ3v) is 3.86. The fraction of sp³-hybridized carbons (Fsp3) is 0.286. The molecular formula is C14H15N3OS. The van der Waals surface area contributed by atoms with Gasteiger partial charge in [-0.15, -0.1) is 11.3 Å². The van der Waals surface area contributed by atoms with Crippen LogP contribution >= 0.6 is 11.3 Å². The maximum Gasteiger partial charge on any atom is 0.121 e. The Balaban J connectivity index is 2.35. The van der Waals surface area contributed by atoms with Crippen LogP contribution in [-0.4, -0.2) is 12.1 Å². The van der Waals surface area contributed by atoms with Crippen molar-refractivity contribution in [3.05, 3.63) is 40.3 Å². The number of anilines is 1. The van der Waals surface area contributed by atoms with Crippen LogP contribution in [0.3, 0.4) is 0 Å². The van der Waals surface area contributed by atoms with Crippen LogP contribution in [0.25, 0.3) is 0 Å². The number of nitriles is 1. The molecule has 1 heterocycles. The number of ether oxygens (including phenoxy) is 1. The summed E-state index contributed by atoms with van der Waals surface area (Å²) in [6, 6.07) is 7.53. The van der Waals surface area contributed by atoms with Gasteiger partial charge in [0.2, 0.25) is 0 Å². The Morgan fingerprint density at radius 3 is 2.79 bits per heavy atom. The molecule has 0 aliphatic carbocycles. The Morgan fingerprint density at radius 2 is 2.21 bits per heavy atom. The Hall–Kier alpha value is -2.06. The lowest BCUT2D eigenvalue weighted by molar-refractivity contribution is 0.415. The summed E-state index contributed by atoms with van der Waals surface area (Å²) in [5.74, 6) is 0.719. The first kappa shape index (κ1) is 13.4. The van der Waals surface area contributed by atoms with Gasteiger partial charge in [-0.2, -0.15) is 5.26 Å². The van der Waals surface area contributed by atoms with E-state index in [9.17, 15) is 0 Å². The Morgan fingerprint density at radius 1 is 1.42 bits per heavy atom. The molecule has 0 radical (unpaired) electrons. The number of nitrogens with zero attached hydrogens (tertiary/aromatic N) is 2. The second kappa shape index (κ2) is 5.29. The van der Waals surface area contributed by atoms with E-state index < -0.39 is 0 Å². The summed E-state index contributed by atoms with van der Waals surface area (Å²) in [4.78, 5) is 4.32. The number of hydrogen-bond donors (Lipinski definition) is 1. The molecule has 0 fully saturated rings. The highest BCUT2D eigenvalue weighted by Crippen LogP contribution is 2.30. The lowest BCUT2D eigenvalue weighted by Gasteiger charge is -2.26. The minimum Gasteiger partial charge on any atom is -0.497 e. The van der Waals surface area contributed by atoms with Gasteiger partial charge >= 0.3 is 0 Å². The van der Waals surface area contributed by atoms with Crippen molar-refractivity contribution >= 4 is 17.0 Å². The summed E-state index contributed by atoms with van der Waals surface area (Å²) in [6.07, 6.45) is 1.78. The predicted molar refractivity (Wildman–Crippen MR) is 76.5 cm³/mol. The molecule has 0 unspecified atom stereocenters. The van der Waals surface area contributed by atoms with Crippen LogP contribution in [0, 0.1) is 11.3 Å². The van der Waals surface area contributed by atoms with E-state index in [1.54, 1.807) is 36.8 Å². The third-order valence-electron chi connectivity index (χ3n) is 2.76. The second-order valence-corrected chi connectivity index (χ2v) is 5.51. The summed E-state index contributed by atoms with van der Waals surface area (Å²) in [7, 11) is 1.61. The molecule has 0 atom stereocenters. The van der Waals surface area contributed by atoms with Crippen molar-refractivity contribution in [2.45, 2.75) is 19.4 Å². The zero-order valence-electron chi connectivity index (χ0n) is 11.1. The summed E-state index contributed by atoms with van der Waals surface area (Å²) in [5, 5.41) is 15.4. The van der Waals surface area contributed by atoms with Crippen LogP contribution in [0.4, 0.5) is 5.69 Å². The maximum absolute atomic E-state index is 9.17. The molecule has 0 aliphatic heterocycles. The number of methoxy groups -OCH3 is 1. The van der Waals surface area contributed by atoms with E-state index in [1.165, 1.54) is 0 Å². The Labute approximate surface area is 116 Å². The predicted octanol–water partition coefficient (Wildman–Crippen LogP) is 3.37. The van der Waals surface area contributed by atoms with Crippen molar-refractivity contribution in [3.63, 3.8) is 0 Å². The van der Waals surface area contributed by atoms with Crippen molar-refractivity contribution in [3.8, 4) is 11.8 Å². The summed E-state index contributed by atoms with van der Waals surface area (Å²) in [5.41, 5.74) is 0.999. The standard InChI is InChI=1S/C14H15N3OS/c1-14(2,13-16-6-7-19-13)17-12-8-11(18-3)5-4-10(12)9-15/h4-8,17H,1-3H3. The molecule has 0 spiro atoms. The summed E-state index contributed by atoms with van der Waals surface area (Å²) >= 11 is 1.58. The first-order valence-electron chi connectivity index (χ1n) is 5.83. The van der Waals surface area contributed by atoms with Crippen molar-refractivity contribution < 1.29 is 4.74 Å². The topological polar surface area (TPSA) is 57.9 Å². The average Bonchev–Trinajstić information content (AvgIpc) is 2.93. The number of hydrogen-bond acceptors (Lipinski definition) is 5. The van der Waals surface area contributed by atoms with Crippen LogP contribution in [0.1, 0.15) is 24.4 Å². The highest BCUT2D eigenvalue weighted by molar-refractivity contribution is 7.09. The number of aromatic nitrogens is 1. The molecule has 0 amide bonds. The zero-order valence-corrected chi connectivity index (χ0v) is 11.9. The molecule has 2 rings (SSSR count). The van der Waals surface area contributed by atoms with E-state index in [-0.39, 0.29) is 5.54 Å². The van der Waals surface area contributed by atoms with Crippen molar-refractivity contribution in [2.75, 3.05) is 12.4 Å². The minimum atomic E-state index is -0.341. The molecule has 1 aromatic heterocycles. The normalized spacial score (nSPS) is 10.8. The first-order chi connectivity index (χ1) is 9.06. The molecule has 0 aliphatic rings. The number of nitrogens with one attached hydrogen (secondary N) is 1. The van der Waals surface area contributed by atoms with Crippen LogP contribution in [0.5, 0.6) is 5.75 Å². The van der Waals surface area contributed by atoms with Gasteiger partial charge in [0, 0.05) is 17.6 Å². The van der Waals surface area contributed by atoms with Gasteiger partial charge in [-0.1, -0.05) is 0 Å². The highest BCUT2D eigenvalue weighted by atomic mass is 32.1. The molecule has 5 heteroatoms. The van der Waals surface area contributed by atoms with E-state index >= 15 is 0 Å². The molecule has 0 saturated carbocycles. The zero-order chi connectivity index (χ0) is 13.9.